The number of benzene rings is 2. The number of thioether (sulfide) groups is 1. The molecule has 2 N–H and O–H groups in total. The number of hydrogen-bond acceptors (Lipinski definition) is 7. The number of likely N-dealkylation sites (N-methyl/N-ethyl adjacent to an activating group) is 1. The molecule has 0 aromatic heterocycles. The average Bonchev–Trinajstić information content (AvgIpc) is 2.87. The molecule has 0 amide bonds. The summed E-state index contributed by atoms with van der Waals surface area (Å²) in [7, 11) is 5.62. The minimum absolute atomic E-state index is 0.345. The second kappa shape index (κ2) is 15.3. The smallest absolute Gasteiger partial charge is 0.150 e. The molecule has 1 unspecified atom stereocenters. The molecule has 7 heteroatoms. The largest absolute Gasteiger partial charge is 0.323 e. The van der Waals surface area contributed by atoms with Crippen LogP contribution in [0.4, 0.5) is 0 Å². The first kappa shape index (κ1) is 30.2. The van der Waals surface area contributed by atoms with Crippen molar-refractivity contribution in [2.45, 2.75) is 80.8 Å². The molecule has 1 atom stereocenters. The number of carbonyl (C=O) groups excluding carboxylic acids is 3. The lowest BCUT2D eigenvalue weighted by Crippen LogP contribution is -2.51. The third kappa shape index (κ3) is 8.34. The van der Waals surface area contributed by atoms with E-state index in [4.69, 9.17) is 0 Å². The Labute approximate surface area is 232 Å². The van der Waals surface area contributed by atoms with Crippen LogP contribution < -0.4 is 10.6 Å². The predicted octanol–water partition coefficient (Wildman–Crippen LogP) is 5.03. The van der Waals surface area contributed by atoms with E-state index in [1.807, 2.05) is 44.2 Å². The van der Waals surface area contributed by atoms with Crippen LogP contribution in [0.2, 0.25) is 0 Å². The highest BCUT2D eigenvalue weighted by Crippen LogP contribution is 2.55. The number of hydrogen-bond donors (Lipinski definition) is 2. The van der Waals surface area contributed by atoms with Crippen LogP contribution in [-0.2, 0) is 28.4 Å². The van der Waals surface area contributed by atoms with Gasteiger partial charge in [-0.15, -0.1) is 11.8 Å². The van der Waals surface area contributed by atoms with Gasteiger partial charge in [-0.05, 0) is 81.4 Å². The first-order chi connectivity index (χ1) is 18.5. The van der Waals surface area contributed by atoms with Crippen molar-refractivity contribution in [3.05, 3.63) is 64.7 Å². The Balaban J connectivity index is 0.00000127. The van der Waals surface area contributed by atoms with Gasteiger partial charge in [-0.1, -0.05) is 42.8 Å². The molecule has 6 nitrogen and oxygen atoms in total. The molecule has 0 saturated heterocycles. The molecule has 0 bridgehead atoms. The Morgan fingerprint density at radius 3 is 2.42 bits per heavy atom. The first-order valence-corrected chi connectivity index (χ1v) is 14.6. The molecular formula is C31H43N3O3S. The summed E-state index contributed by atoms with van der Waals surface area (Å²) >= 11 is 1.72. The van der Waals surface area contributed by atoms with Gasteiger partial charge in [0.05, 0.1) is 6.04 Å². The minimum Gasteiger partial charge on any atom is -0.323 e. The van der Waals surface area contributed by atoms with E-state index in [2.05, 4.69) is 34.9 Å². The van der Waals surface area contributed by atoms with E-state index in [9.17, 15) is 14.4 Å². The number of nitrogens with zero attached hydrogens (tertiary/aromatic N) is 1. The maximum absolute atomic E-state index is 11.8. The van der Waals surface area contributed by atoms with Crippen LogP contribution in [0, 0.1) is 5.41 Å². The standard InChI is InChI=1S/C29H36N2O3S.C2H7N/c1-31(26(20-34)9-4-13-32)18-27-24(19-33)8-3-10-28(27)35-21-23-7-2-6-22(14-23)17-30-25-15-29(16-25)11-5-12-29;1-3-2/h2-3,6-8,10,13-14,19-20,25-26,30H,4-5,9,11-12,15-18,21H2,1H3;3H,1-2H3. The monoisotopic (exact) mass is 537 g/mol. The first-order valence-electron chi connectivity index (χ1n) is 13.7. The normalized spacial score (nSPS) is 16.6. The van der Waals surface area contributed by atoms with Crippen LogP contribution in [0.25, 0.3) is 0 Å². The van der Waals surface area contributed by atoms with Gasteiger partial charge in [0, 0.05) is 41.8 Å². The fourth-order valence-corrected chi connectivity index (χ4v) is 6.50. The molecule has 2 aromatic rings. The summed E-state index contributed by atoms with van der Waals surface area (Å²) in [6, 6.07) is 14.8. The molecule has 38 heavy (non-hydrogen) atoms. The summed E-state index contributed by atoms with van der Waals surface area (Å²) in [6.07, 6.45) is 10.4. The third-order valence-electron chi connectivity index (χ3n) is 7.76. The van der Waals surface area contributed by atoms with Crippen molar-refractivity contribution in [2.24, 2.45) is 5.41 Å². The summed E-state index contributed by atoms with van der Waals surface area (Å²) in [5, 5.41) is 6.48. The van der Waals surface area contributed by atoms with Crippen LogP contribution in [0.1, 0.15) is 72.0 Å². The van der Waals surface area contributed by atoms with E-state index < -0.39 is 0 Å². The molecule has 206 valence electrons. The Hall–Kier alpha value is -2.32. The van der Waals surface area contributed by atoms with Gasteiger partial charge in [0.1, 0.15) is 18.9 Å². The SMILES string of the molecule is CN(Cc1c(C=O)cccc1SCc1cccc(CNC2CC3(CCC3)C2)c1)C(C=O)CCC=O.CNC. The lowest BCUT2D eigenvalue weighted by Gasteiger charge is -2.54. The third-order valence-corrected chi connectivity index (χ3v) is 8.93. The molecule has 2 aliphatic carbocycles. The van der Waals surface area contributed by atoms with Crippen molar-refractivity contribution in [1.82, 2.24) is 15.5 Å². The summed E-state index contributed by atoms with van der Waals surface area (Å²) in [6.45, 7) is 1.39. The molecular weight excluding hydrogens is 494 g/mol. The van der Waals surface area contributed by atoms with E-state index in [-0.39, 0.29) is 6.04 Å². The molecule has 4 rings (SSSR count). The van der Waals surface area contributed by atoms with Gasteiger partial charge in [-0.2, -0.15) is 0 Å². The van der Waals surface area contributed by atoms with Crippen LogP contribution in [-0.4, -0.2) is 57.0 Å². The molecule has 0 heterocycles. The van der Waals surface area contributed by atoms with E-state index in [1.165, 1.54) is 43.2 Å². The molecule has 2 aromatic carbocycles. The Morgan fingerprint density at radius 2 is 1.79 bits per heavy atom. The number of carbonyl (C=O) groups is 3. The van der Waals surface area contributed by atoms with Gasteiger partial charge in [-0.25, -0.2) is 0 Å². The predicted molar refractivity (Wildman–Crippen MR) is 156 cm³/mol. The van der Waals surface area contributed by atoms with E-state index >= 15 is 0 Å². The van der Waals surface area contributed by atoms with Crippen molar-refractivity contribution in [3.8, 4) is 0 Å². The summed E-state index contributed by atoms with van der Waals surface area (Å²) < 4.78 is 0. The maximum atomic E-state index is 11.8. The Morgan fingerprint density at radius 1 is 1.08 bits per heavy atom. The van der Waals surface area contributed by atoms with Crippen LogP contribution in [0.3, 0.4) is 0 Å². The minimum atomic E-state index is -0.350. The molecule has 0 aliphatic heterocycles. The van der Waals surface area contributed by atoms with Crippen LogP contribution in [0.5, 0.6) is 0 Å². The summed E-state index contributed by atoms with van der Waals surface area (Å²) in [4.78, 5) is 37.0. The zero-order valence-corrected chi connectivity index (χ0v) is 23.9. The fraction of sp³-hybridized carbons (Fsp3) is 0.516. The van der Waals surface area contributed by atoms with E-state index in [0.29, 0.717) is 36.4 Å². The highest BCUT2D eigenvalue weighted by molar-refractivity contribution is 7.98. The molecule has 2 saturated carbocycles. The Kier molecular flexibility index (Phi) is 12.2. The van der Waals surface area contributed by atoms with Gasteiger partial charge >= 0.3 is 0 Å². The second-order valence-electron chi connectivity index (χ2n) is 10.8. The highest BCUT2D eigenvalue weighted by atomic mass is 32.2. The van der Waals surface area contributed by atoms with Crippen LogP contribution >= 0.6 is 11.8 Å². The summed E-state index contributed by atoms with van der Waals surface area (Å²) in [5.41, 5.74) is 4.83. The van der Waals surface area contributed by atoms with E-state index in [0.717, 1.165) is 41.6 Å². The quantitative estimate of drug-likeness (QED) is 0.259. The molecule has 0 radical (unpaired) electrons. The van der Waals surface area contributed by atoms with Crippen molar-refractivity contribution < 1.29 is 14.4 Å². The molecule has 2 aliphatic rings. The lowest BCUT2D eigenvalue weighted by molar-refractivity contribution is -0.113. The zero-order valence-electron chi connectivity index (χ0n) is 23.1. The van der Waals surface area contributed by atoms with Gasteiger partial charge in [0.25, 0.3) is 0 Å². The lowest BCUT2D eigenvalue weighted by atomic mass is 9.54. The topological polar surface area (TPSA) is 78.5 Å². The van der Waals surface area contributed by atoms with E-state index in [1.54, 1.807) is 11.8 Å². The van der Waals surface area contributed by atoms with Crippen molar-refractivity contribution in [2.75, 3.05) is 21.1 Å². The van der Waals surface area contributed by atoms with Gasteiger partial charge in [-0.3, -0.25) is 9.69 Å². The average molecular weight is 538 g/mol. The van der Waals surface area contributed by atoms with Crippen LogP contribution in [0.15, 0.2) is 47.4 Å². The zero-order chi connectivity index (χ0) is 27.4. The van der Waals surface area contributed by atoms with Gasteiger partial charge in [0.15, 0.2) is 0 Å². The van der Waals surface area contributed by atoms with Gasteiger partial charge < -0.3 is 20.2 Å². The number of rotatable bonds is 14. The molecule has 2 fully saturated rings. The number of nitrogens with one attached hydrogen (secondary N) is 2. The number of aldehydes is 3. The van der Waals surface area contributed by atoms with Crippen molar-refractivity contribution in [3.63, 3.8) is 0 Å². The fourth-order valence-electron chi connectivity index (χ4n) is 5.46. The summed E-state index contributed by atoms with van der Waals surface area (Å²) in [5.74, 6) is 0.807. The Bertz CT molecular complexity index is 1050. The molecule has 1 spiro atoms. The van der Waals surface area contributed by atoms with Crippen molar-refractivity contribution in [1.29, 1.82) is 0 Å². The van der Waals surface area contributed by atoms with Gasteiger partial charge in [0.2, 0.25) is 0 Å². The second-order valence-corrected chi connectivity index (χ2v) is 11.8. The highest BCUT2D eigenvalue weighted by Gasteiger charge is 2.47. The van der Waals surface area contributed by atoms with Crippen molar-refractivity contribution >= 4 is 30.6 Å². The maximum Gasteiger partial charge on any atom is 0.150 e.